The predicted molar refractivity (Wildman–Crippen MR) is 118 cm³/mol. The van der Waals surface area contributed by atoms with Crippen molar-refractivity contribution in [3.05, 3.63) is 81.4 Å². The molecule has 7 heteroatoms. The lowest BCUT2D eigenvalue weighted by Crippen LogP contribution is -2.33. The Morgan fingerprint density at radius 1 is 1.24 bits per heavy atom. The van der Waals surface area contributed by atoms with Crippen LogP contribution in [0.3, 0.4) is 0 Å². The van der Waals surface area contributed by atoms with Gasteiger partial charge in [0.25, 0.3) is 11.8 Å². The fraction of sp³-hybridized carbons (Fsp3) is 0.227. The number of nitrogens with one attached hydrogen (secondary N) is 1. The molecule has 1 atom stereocenters. The molecule has 0 aliphatic heterocycles. The monoisotopic (exact) mass is 427 g/mol. The number of carbonyl (C=O) groups is 2. The van der Waals surface area contributed by atoms with Crippen molar-refractivity contribution in [1.82, 2.24) is 9.88 Å². The zero-order valence-corrected chi connectivity index (χ0v) is 18.1. The Kier molecular flexibility index (Phi) is 6.67. The highest BCUT2D eigenvalue weighted by atomic mass is 35.5. The maximum absolute atomic E-state index is 13.2. The number of rotatable bonds is 6. The highest BCUT2D eigenvalue weighted by Gasteiger charge is 2.25. The van der Waals surface area contributed by atoms with Crippen LogP contribution in [0.1, 0.15) is 51.0 Å². The predicted octanol–water partition coefficient (Wildman–Crippen LogP) is 5.58. The maximum atomic E-state index is 13.2. The first-order valence-electron chi connectivity index (χ1n) is 9.29. The minimum absolute atomic E-state index is 0.0652. The highest BCUT2D eigenvalue weighted by Crippen LogP contribution is 2.31. The van der Waals surface area contributed by atoms with E-state index in [-0.39, 0.29) is 17.9 Å². The lowest BCUT2D eigenvalue weighted by atomic mass is 10.1. The van der Waals surface area contributed by atoms with E-state index < -0.39 is 0 Å². The quantitative estimate of drug-likeness (QED) is 0.558. The van der Waals surface area contributed by atoms with Crippen LogP contribution in [0.15, 0.2) is 54.9 Å². The number of benzene rings is 1. The molecule has 0 bridgehead atoms. The van der Waals surface area contributed by atoms with Crippen molar-refractivity contribution in [2.75, 3.05) is 11.9 Å². The number of aryl methyl sites for hydroxylation is 1. The van der Waals surface area contributed by atoms with E-state index >= 15 is 0 Å². The number of aromatic nitrogens is 1. The van der Waals surface area contributed by atoms with Crippen molar-refractivity contribution in [1.29, 1.82) is 0 Å². The molecule has 0 saturated carbocycles. The van der Waals surface area contributed by atoms with Crippen LogP contribution in [0.2, 0.25) is 5.02 Å². The van der Waals surface area contributed by atoms with Gasteiger partial charge >= 0.3 is 0 Å². The summed E-state index contributed by atoms with van der Waals surface area (Å²) in [6.07, 6.45) is 3.49. The number of thiophene rings is 1. The SMILES string of the molecule is CCN(C(=O)c1sc(NC(=O)c2ccccc2Cl)cc1C)C(C)c1cccnc1. The molecule has 5 nitrogen and oxygen atoms in total. The second-order valence-corrected chi connectivity index (χ2v) is 8.07. The zero-order valence-electron chi connectivity index (χ0n) is 16.5. The van der Waals surface area contributed by atoms with Crippen molar-refractivity contribution in [2.45, 2.75) is 26.8 Å². The Balaban J connectivity index is 1.80. The number of anilines is 1. The lowest BCUT2D eigenvalue weighted by molar-refractivity contribution is 0.0706. The Bertz CT molecular complexity index is 1020. The van der Waals surface area contributed by atoms with Gasteiger partial charge in [-0.2, -0.15) is 0 Å². The summed E-state index contributed by atoms with van der Waals surface area (Å²) >= 11 is 7.37. The van der Waals surface area contributed by atoms with E-state index in [2.05, 4.69) is 10.3 Å². The molecule has 0 aliphatic rings. The van der Waals surface area contributed by atoms with Crippen LogP contribution < -0.4 is 5.32 Å². The van der Waals surface area contributed by atoms with Crippen molar-refractivity contribution in [2.24, 2.45) is 0 Å². The van der Waals surface area contributed by atoms with Crippen molar-refractivity contribution in [3.63, 3.8) is 0 Å². The molecule has 0 radical (unpaired) electrons. The number of hydrogen-bond acceptors (Lipinski definition) is 4. The van der Waals surface area contributed by atoms with Crippen LogP contribution in [-0.2, 0) is 0 Å². The van der Waals surface area contributed by atoms with E-state index in [0.29, 0.717) is 27.0 Å². The van der Waals surface area contributed by atoms with Gasteiger partial charge in [0, 0.05) is 18.9 Å². The van der Waals surface area contributed by atoms with Gasteiger partial charge in [0.2, 0.25) is 0 Å². The average molecular weight is 428 g/mol. The molecule has 0 spiro atoms. The van der Waals surface area contributed by atoms with E-state index in [1.54, 1.807) is 41.6 Å². The van der Waals surface area contributed by atoms with Gasteiger partial charge in [0.1, 0.15) is 0 Å². The summed E-state index contributed by atoms with van der Waals surface area (Å²) in [5, 5.41) is 3.85. The van der Waals surface area contributed by atoms with Crippen molar-refractivity contribution >= 4 is 39.8 Å². The molecular weight excluding hydrogens is 406 g/mol. The molecule has 2 heterocycles. The summed E-state index contributed by atoms with van der Waals surface area (Å²) in [4.78, 5) is 32.3. The van der Waals surface area contributed by atoms with Crippen LogP contribution in [0.5, 0.6) is 0 Å². The summed E-state index contributed by atoms with van der Waals surface area (Å²) in [7, 11) is 0. The summed E-state index contributed by atoms with van der Waals surface area (Å²) < 4.78 is 0. The first-order valence-corrected chi connectivity index (χ1v) is 10.5. The van der Waals surface area contributed by atoms with E-state index in [4.69, 9.17) is 11.6 Å². The molecule has 1 aromatic carbocycles. The van der Waals surface area contributed by atoms with Gasteiger partial charge in [-0.1, -0.05) is 29.8 Å². The van der Waals surface area contributed by atoms with Gasteiger partial charge in [-0.3, -0.25) is 14.6 Å². The largest absolute Gasteiger partial charge is 0.331 e. The van der Waals surface area contributed by atoms with Crippen LogP contribution in [0, 0.1) is 6.92 Å². The molecule has 1 unspecified atom stereocenters. The summed E-state index contributed by atoms with van der Waals surface area (Å²) in [5.74, 6) is -0.364. The Morgan fingerprint density at radius 3 is 2.66 bits per heavy atom. The molecule has 2 aromatic heterocycles. The molecule has 0 fully saturated rings. The average Bonchev–Trinajstić information content (AvgIpc) is 3.09. The van der Waals surface area contributed by atoms with E-state index in [1.165, 1.54) is 11.3 Å². The van der Waals surface area contributed by atoms with Crippen LogP contribution in [-0.4, -0.2) is 28.2 Å². The van der Waals surface area contributed by atoms with Gasteiger partial charge < -0.3 is 10.2 Å². The van der Waals surface area contributed by atoms with Gasteiger partial charge in [-0.25, -0.2) is 0 Å². The third-order valence-corrected chi connectivity index (χ3v) is 6.17. The third-order valence-electron chi connectivity index (χ3n) is 4.70. The van der Waals surface area contributed by atoms with Gasteiger partial charge in [0.15, 0.2) is 0 Å². The van der Waals surface area contributed by atoms with Crippen LogP contribution in [0.25, 0.3) is 0 Å². The smallest absolute Gasteiger partial charge is 0.264 e. The molecule has 3 rings (SSSR count). The standard InChI is InChI=1S/C22H22ClN3O2S/c1-4-26(15(3)16-8-7-11-24-13-16)22(28)20-14(2)12-19(29-20)25-21(27)17-9-5-6-10-18(17)23/h5-13,15H,4H2,1-3H3,(H,25,27). The van der Waals surface area contributed by atoms with Gasteiger partial charge in [-0.05, 0) is 56.2 Å². The van der Waals surface area contributed by atoms with Gasteiger partial charge in [-0.15, -0.1) is 11.3 Å². The molecule has 0 saturated heterocycles. The first-order chi connectivity index (χ1) is 13.9. The Labute approximate surface area is 179 Å². The number of pyridine rings is 1. The fourth-order valence-corrected chi connectivity index (χ4v) is 4.35. The summed E-state index contributed by atoms with van der Waals surface area (Å²) in [5.41, 5.74) is 2.20. The number of carbonyl (C=O) groups excluding carboxylic acids is 2. The number of hydrogen-bond donors (Lipinski definition) is 1. The Hall–Kier alpha value is -2.70. The lowest BCUT2D eigenvalue weighted by Gasteiger charge is -2.28. The zero-order chi connectivity index (χ0) is 21.0. The Morgan fingerprint density at radius 2 is 2.00 bits per heavy atom. The summed E-state index contributed by atoms with van der Waals surface area (Å²) in [6.45, 7) is 6.38. The highest BCUT2D eigenvalue weighted by molar-refractivity contribution is 7.18. The van der Waals surface area contributed by atoms with Gasteiger partial charge in [0.05, 0.1) is 26.5 Å². The molecule has 29 heavy (non-hydrogen) atoms. The van der Waals surface area contributed by atoms with E-state index in [9.17, 15) is 9.59 Å². The molecule has 0 aliphatic carbocycles. The summed E-state index contributed by atoms with van der Waals surface area (Å²) in [6, 6.07) is 12.4. The minimum atomic E-state index is -0.299. The third kappa shape index (κ3) is 4.66. The second-order valence-electron chi connectivity index (χ2n) is 6.61. The van der Waals surface area contributed by atoms with E-state index in [0.717, 1.165) is 11.1 Å². The topological polar surface area (TPSA) is 62.3 Å². The first kappa shape index (κ1) is 21.0. The normalized spacial score (nSPS) is 11.7. The molecule has 3 aromatic rings. The number of halogens is 1. The maximum Gasteiger partial charge on any atom is 0.264 e. The number of nitrogens with zero attached hydrogens (tertiary/aromatic N) is 2. The molecule has 1 N–H and O–H groups in total. The van der Waals surface area contributed by atoms with Crippen LogP contribution >= 0.6 is 22.9 Å². The minimum Gasteiger partial charge on any atom is -0.331 e. The molecular formula is C22H22ClN3O2S. The molecule has 2 amide bonds. The number of amides is 2. The molecule has 150 valence electrons. The van der Waals surface area contributed by atoms with Crippen molar-refractivity contribution in [3.8, 4) is 0 Å². The fourth-order valence-electron chi connectivity index (χ4n) is 3.11. The van der Waals surface area contributed by atoms with Crippen LogP contribution in [0.4, 0.5) is 5.00 Å². The second kappa shape index (κ2) is 9.20. The van der Waals surface area contributed by atoms with Crippen molar-refractivity contribution < 1.29 is 9.59 Å². The van der Waals surface area contributed by atoms with E-state index in [1.807, 2.05) is 39.0 Å².